The van der Waals surface area contributed by atoms with Crippen LogP contribution in [0.5, 0.6) is 0 Å². The van der Waals surface area contributed by atoms with Crippen molar-refractivity contribution in [2.45, 2.75) is 13.5 Å². The number of hydrogen-bond acceptors (Lipinski definition) is 3. The van der Waals surface area contributed by atoms with Gasteiger partial charge in [0.15, 0.2) is 0 Å². The molecule has 0 saturated heterocycles. The Morgan fingerprint density at radius 2 is 2.24 bits per heavy atom. The molecule has 0 unspecified atom stereocenters. The summed E-state index contributed by atoms with van der Waals surface area (Å²) in [5.41, 5.74) is 7.21. The molecule has 0 spiro atoms. The van der Waals surface area contributed by atoms with Crippen LogP contribution >= 0.6 is 0 Å². The van der Waals surface area contributed by atoms with E-state index in [1.54, 1.807) is 6.07 Å². The SMILES string of the molecule is CCN(C)c1nc2cc(F)ccc2n1CCN. The van der Waals surface area contributed by atoms with Gasteiger partial charge in [-0.15, -0.1) is 0 Å². The number of hydrogen-bond donors (Lipinski definition) is 1. The highest BCUT2D eigenvalue weighted by molar-refractivity contribution is 5.79. The third kappa shape index (κ3) is 2.10. The first kappa shape index (κ1) is 11.9. The van der Waals surface area contributed by atoms with Crippen LogP contribution in [-0.4, -0.2) is 29.7 Å². The maximum atomic E-state index is 13.2. The van der Waals surface area contributed by atoms with Crippen LogP contribution in [0.15, 0.2) is 18.2 Å². The van der Waals surface area contributed by atoms with Gasteiger partial charge in [0.05, 0.1) is 11.0 Å². The van der Waals surface area contributed by atoms with Crippen molar-refractivity contribution in [1.82, 2.24) is 9.55 Å². The fourth-order valence-electron chi connectivity index (χ4n) is 1.87. The zero-order valence-corrected chi connectivity index (χ0v) is 10.2. The summed E-state index contributed by atoms with van der Waals surface area (Å²) in [5.74, 6) is 0.569. The van der Waals surface area contributed by atoms with Crippen molar-refractivity contribution in [2.24, 2.45) is 5.73 Å². The van der Waals surface area contributed by atoms with Crippen molar-refractivity contribution < 1.29 is 4.39 Å². The molecule has 0 radical (unpaired) electrons. The molecule has 0 aliphatic rings. The van der Waals surface area contributed by atoms with Gasteiger partial charge in [-0.1, -0.05) is 0 Å². The molecular weight excluding hydrogens is 219 g/mol. The summed E-state index contributed by atoms with van der Waals surface area (Å²) in [5, 5.41) is 0. The van der Waals surface area contributed by atoms with Crippen LogP contribution in [0.1, 0.15) is 6.92 Å². The molecule has 4 nitrogen and oxygen atoms in total. The highest BCUT2D eigenvalue weighted by Crippen LogP contribution is 2.22. The second kappa shape index (κ2) is 4.71. The minimum Gasteiger partial charge on any atom is -0.346 e. The van der Waals surface area contributed by atoms with Gasteiger partial charge in [0.2, 0.25) is 5.95 Å². The minimum atomic E-state index is -0.263. The number of benzene rings is 1. The molecule has 2 rings (SSSR count). The largest absolute Gasteiger partial charge is 0.346 e. The molecule has 0 aliphatic carbocycles. The topological polar surface area (TPSA) is 47.1 Å². The average Bonchev–Trinajstić information content (AvgIpc) is 2.67. The number of imidazole rings is 1. The summed E-state index contributed by atoms with van der Waals surface area (Å²) >= 11 is 0. The molecule has 2 aromatic rings. The summed E-state index contributed by atoms with van der Waals surface area (Å²) in [6, 6.07) is 4.66. The summed E-state index contributed by atoms with van der Waals surface area (Å²) in [6.45, 7) is 4.11. The van der Waals surface area contributed by atoms with Crippen LogP contribution in [0.2, 0.25) is 0 Å². The van der Waals surface area contributed by atoms with Crippen LogP contribution in [0.3, 0.4) is 0 Å². The fraction of sp³-hybridized carbons (Fsp3) is 0.417. The Kier molecular flexibility index (Phi) is 3.28. The van der Waals surface area contributed by atoms with Gasteiger partial charge in [0.1, 0.15) is 5.82 Å². The van der Waals surface area contributed by atoms with Gasteiger partial charge in [-0.2, -0.15) is 0 Å². The highest BCUT2D eigenvalue weighted by atomic mass is 19.1. The first-order valence-corrected chi connectivity index (χ1v) is 5.74. The molecule has 17 heavy (non-hydrogen) atoms. The lowest BCUT2D eigenvalue weighted by molar-refractivity contribution is 0.629. The molecule has 1 aromatic carbocycles. The van der Waals surface area contributed by atoms with Crippen LogP contribution in [0.25, 0.3) is 11.0 Å². The van der Waals surface area contributed by atoms with Gasteiger partial charge in [-0.25, -0.2) is 9.37 Å². The second-order valence-corrected chi connectivity index (χ2v) is 4.00. The predicted molar refractivity (Wildman–Crippen MR) is 67.7 cm³/mol. The number of rotatable bonds is 4. The number of nitrogens with two attached hydrogens (primary N) is 1. The van der Waals surface area contributed by atoms with E-state index in [-0.39, 0.29) is 5.82 Å². The van der Waals surface area contributed by atoms with Crippen molar-refractivity contribution in [3.05, 3.63) is 24.0 Å². The normalized spacial score (nSPS) is 11.1. The quantitative estimate of drug-likeness (QED) is 0.877. The van der Waals surface area contributed by atoms with Crippen molar-refractivity contribution in [1.29, 1.82) is 0 Å². The number of nitrogens with zero attached hydrogens (tertiary/aromatic N) is 3. The molecule has 92 valence electrons. The molecule has 0 fully saturated rings. The Morgan fingerprint density at radius 3 is 2.88 bits per heavy atom. The van der Waals surface area contributed by atoms with Gasteiger partial charge in [0.25, 0.3) is 0 Å². The molecule has 1 aromatic heterocycles. The van der Waals surface area contributed by atoms with E-state index in [0.717, 1.165) is 18.0 Å². The lowest BCUT2D eigenvalue weighted by Crippen LogP contribution is -2.22. The van der Waals surface area contributed by atoms with Crippen LogP contribution in [-0.2, 0) is 6.54 Å². The third-order valence-corrected chi connectivity index (χ3v) is 2.86. The van der Waals surface area contributed by atoms with E-state index in [1.807, 2.05) is 23.4 Å². The van der Waals surface area contributed by atoms with E-state index >= 15 is 0 Å². The van der Waals surface area contributed by atoms with Crippen molar-refractivity contribution >= 4 is 17.0 Å². The van der Waals surface area contributed by atoms with E-state index in [1.165, 1.54) is 12.1 Å². The first-order valence-electron chi connectivity index (χ1n) is 5.74. The number of anilines is 1. The van der Waals surface area contributed by atoms with E-state index in [9.17, 15) is 4.39 Å². The lowest BCUT2D eigenvalue weighted by Gasteiger charge is -2.17. The van der Waals surface area contributed by atoms with Gasteiger partial charge < -0.3 is 15.2 Å². The van der Waals surface area contributed by atoms with Crippen LogP contribution < -0.4 is 10.6 Å². The number of aromatic nitrogens is 2. The smallest absolute Gasteiger partial charge is 0.206 e. The lowest BCUT2D eigenvalue weighted by atomic mass is 10.3. The summed E-state index contributed by atoms with van der Waals surface area (Å²) in [7, 11) is 1.96. The first-order chi connectivity index (χ1) is 8.17. The van der Waals surface area contributed by atoms with E-state index in [4.69, 9.17) is 5.73 Å². The van der Waals surface area contributed by atoms with Crippen molar-refractivity contribution in [3.63, 3.8) is 0 Å². The minimum absolute atomic E-state index is 0.263. The van der Waals surface area contributed by atoms with Crippen molar-refractivity contribution in [2.75, 3.05) is 25.0 Å². The Bertz CT molecular complexity index is 520. The third-order valence-electron chi connectivity index (χ3n) is 2.86. The summed E-state index contributed by atoms with van der Waals surface area (Å²) in [4.78, 5) is 6.48. The molecule has 0 bridgehead atoms. The highest BCUT2D eigenvalue weighted by Gasteiger charge is 2.13. The van der Waals surface area contributed by atoms with E-state index in [0.29, 0.717) is 18.6 Å². The van der Waals surface area contributed by atoms with Crippen LogP contribution in [0, 0.1) is 5.82 Å². The predicted octanol–water partition coefficient (Wildman–Crippen LogP) is 1.59. The maximum absolute atomic E-state index is 13.2. The molecule has 1 heterocycles. The van der Waals surface area contributed by atoms with Crippen molar-refractivity contribution in [3.8, 4) is 0 Å². The zero-order chi connectivity index (χ0) is 12.4. The standard InChI is InChI=1S/C12H17FN4/c1-3-16(2)12-15-10-8-9(13)4-5-11(10)17(12)7-6-14/h4-5,8H,3,6-7,14H2,1-2H3. The Hall–Kier alpha value is -1.62. The Labute approximate surface area is 99.8 Å². The van der Waals surface area contributed by atoms with Gasteiger partial charge >= 0.3 is 0 Å². The monoisotopic (exact) mass is 236 g/mol. The molecule has 0 aliphatic heterocycles. The number of fused-ring (bicyclic) bond motifs is 1. The van der Waals surface area contributed by atoms with E-state index in [2.05, 4.69) is 4.98 Å². The molecule has 2 N–H and O–H groups in total. The summed E-state index contributed by atoms with van der Waals surface area (Å²) < 4.78 is 15.2. The average molecular weight is 236 g/mol. The summed E-state index contributed by atoms with van der Waals surface area (Å²) in [6.07, 6.45) is 0. The molecule has 0 atom stereocenters. The Balaban J connectivity index is 2.61. The Morgan fingerprint density at radius 1 is 1.47 bits per heavy atom. The zero-order valence-electron chi connectivity index (χ0n) is 10.2. The molecule has 0 saturated carbocycles. The molecular formula is C12H17FN4. The van der Waals surface area contributed by atoms with Gasteiger partial charge in [0, 0.05) is 32.7 Å². The van der Waals surface area contributed by atoms with Gasteiger partial charge in [-0.3, -0.25) is 0 Å². The molecule has 5 heteroatoms. The maximum Gasteiger partial charge on any atom is 0.206 e. The fourth-order valence-corrected chi connectivity index (χ4v) is 1.87. The second-order valence-electron chi connectivity index (χ2n) is 4.00. The number of halogens is 1. The molecule has 0 amide bonds. The van der Waals surface area contributed by atoms with Gasteiger partial charge in [-0.05, 0) is 19.1 Å². The van der Waals surface area contributed by atoms with E-state index < -0.39 is 0 Å². The van der Waals surface area contributed by atoms with Crippen LogP contribution in [0.4, 0.5) is 10.3 Å².